The van der Waals surface area contributed by atoms with Crippen molar-refractivity contribution in [3.8, 4) is 0 Å². The summed E-state index contributed by atoms with van der Waals surface area (Å²) in [5.41, 5.74) is 0.992. The van der Waals surface area contributed by atoms with Gasteiger partial charge in [0.1, 0.15) is 5.78 Å². The van der Waals surface area contributed by atoms with E-state index in [9.17, 15) is 9.90 Å². The fraction of sp³-hybridized carbons (Fsp3) is 0.967. The molecule has 0 spiro atoms. The Morgan fingerprint density at radius 2 is 1.53 bits per heavy atom. The Bertz CT molecular complexity index is 790. The van der Waals surface area contributed by atoms with E-state index in [2.05, 4.69) is 48.5 Å². The fourth-order valence-corrected chi connectivity index (χ4v) is 11.5. The summed E-state index contributed by atoms with van der Waals surface area (Å²) in [4.78, 5) is 13.0. The summed E-state index contributed by atoms with van der Waals surface area (Å²) in [6.07, 6.45) is 12.5. The van der Waals surface area contributed by atoms with Crippen molar-refractivity contribution in [2.24, 2.45) is 62.6 Å². The average molecular weight is 443 g/mol. The number of rotatable bonds is 1. The van der Waals surface area contributed by atoms with Crippen LogP contribution in [0.1, 0.15) is 113 Å². The highest BCUT2D eigenvalue weighted by Crippen LogP contribution is 2.76. The lowest BCUT2D eigenvalue weighted by atomic mass is 9.31. The molecule has 5 fully saturated rings. The molecule has 5 aliphatic carbocycles. The van der Waals surface area contributed by atoms with E-state index in [1.165, 1.54) is 44.9 Å². The van der Waals surface area contributed by atoms with E-state index in [1.807, 2.05) is 0 Å². The van der Waals surface area contributed by atoms with Gasteiger partial charge < -0.3 is 5.11 Å². The molecule has 0 aliphatic heterocycles. The normalized spacial score (nSPS) is 60.1. The van der Waals surface area contributed by atoms with Crippen molar-refractivity contribution >= 4 is 5.78 Å². The first-order valence-corrected chi connectivity index (χ1v) is 14.0. The van der Waals surface area contributed by atoms with Crippen molar-refractivity contribution in [1.82, 2.24) is 0 Å². The van der Waals surface area contributed by atoms with Crippen molar-refractivity contribution in [3.63, 3.8) is 0 Å². The summed E-state index contributed by atoms with van der Waals surface area (Å²) in [6, 6.07) is 0. The molecule has 5 rings (SSSR count). The van der Waals surface area contributed by atoms with Gasteiger partial charge in [0.15, 0.2) is 0 Å². The van der Waals surface area contributed by atoms with Crippen molar-refractivity contribution < 1.29 is 9.90 Å². The summed E-state index contributed by atoms with van der Waals surface area (Å²) in [6.45, 7) is 17.8. The molecule has 5 aliphatic rings. The Morgan fingerprint density at radius 3 is 2.22 bits per heavy atom. The lowest BCUT2D eigenvalue weighted by Crippen LogP contribution is -2.67. The Labute approximate surface area is 197 Å². The highest BCUT2D eigenvalue weighted by Gasteiger charge is 2.70. The SMILES string of the molecule is C[C@@H]1[C@H]2[C@H]3CC[C@@H]4[C@@]5(C)CCC(=O)C(C)(CO)[C@@H]5CC[C@@]4(C)[C@]3(C)CC[C@@]2(C)CC[C@H]1C. The van der Waals surface area contributed by atoms with Crippen molar-refractivity contribution in [1.29, 1.82) is 0 Å². The van der Waals surface area contributed by atoms with E-state index in [4.69, 9.17) is 0 Å². The van der Waals surface area contributed by atoms with Gasteiger partial charge in [-0.1, -0.05) is 48.5 Å². The molecule has 2 heteroatoms. The largest absolute Gasteiger partial charge is 0.395 e. The molecule has 0 bridgehead atoms. The van der Waals surface area contributed by atoms with Crippen LogP contribution in [0.15, 0.2) is 0 Å². The number of ketones is 1. The second-order valence-electron chi connectivity index (χ2n) is 14.7. The van der Waals surface area contributed by atoms with E-state index in [0.717, 1.165) is 36.5 Å². The highest BCUT2D eigenvalue weighted by atomic mass is 16.3. The summed E-state index contributed by atoms with van der Waals surface area (Å²) in [5, 5.41) is 10.4. The first-order chi connectivity index (χ1) is 14.9. The molecule has 11 atom stereocenters. The monoisotopic (exact) mass is 442 g/mol. The predicted molar refractivity (Wildman–Crippen MR) is 131 cm³/mol. The number of aliphatic hydroxyl groups excluding tert-OH is 1. The Balaban J connectivity index is 1.54. The van der Waals surface area contributed by atoms with Gasteiger partial charge in [-0.15, -0.1) is 0 Å². The second kappa shape index (κ2) is 7.08. The van der Waals surface area contributed by atoms with Crippen LogP contribution in [0.4, 0.5) is 0 Å². The summed E-state index contributed by atoms with van der Waals surface area (Å²) in [7, 11) is 0. The smallest absolute Gasteiger partial charge is 0.141 e. The zero-order valence-electron chi connectivity index (χ0n) is 22.1. The molecule has 5 saturated carbocycles. The molecule has 0 heterocycles. The van der Waals surface area contributed by atoms with Gasteiger partial charge in [0.2, 0.25) is 0 Å². The molecule has 0 radical (unpaired) electrons. The van der Waals surface area contributed by atoms with Crippen LogP contribution in [0.5, 0.6) is 0 Å². The first-order valence-electron chi connectivity index (χ1n) is 14.0. The Morgan fingerprint density at radius 1 is 0.812 bits per heavy atom. The third-order valence-electron chi connectivity index (χ3n) is 13.9. The zero-order valence-corrected chi connectivity index (χ0v) is 22.1. The van der Waals surface area contributed by atoms with Gasteiger partial charge in [0, 0.05) is 6.42 Å². The minimum atomic E-state index is -0.523. The van der Waals surface area contributed by atoms with Crippen LogP contribution in [-0.2, 0) is 4.79 Å². The third-order valence-corrected chi connectivity index (χ3v) is 13.9. The lowest BCUT2D eigenvalue weighted by Gasteiger charge is -2.73. The molecular formula is C30H50O2. The van der Waals surface area contributed by atoms with Crippen molar-refractivity contribution in [2.75, 3.05) is 6.61 Å². The molecule has 0 saturated heterocycles. The number of fused-ring (bicyclic) bond motifs is 7. The maximum absolute atomic E-state index is 13.0. The van der Waals surface area contributed by atoms with Gasteiger partial charge >= 0.3 is 0 Å². The van der Waals surface area contributed by atoms with Crippen LogP contribution in [-0.4, -0.2) is 17.5 Å². The topological polar surface area (TPSA) is 37.3 Å². The van der Waals surface area contributed by atoms with E-state index in [1.54, 1.807) is 0 Å². The third kappa shape index (κ3) is 2.66. The molecule has 32 heavy (non-hydrogen) atoms. The molecule has 0 aromatic rings. The summed E-state index contributed by atoms with van der Waals surface area (Å²) < 4.78 is 0. The number of hydrogen-bond donors (Lipinski definition) is 1. The van der Waals surface area contributed by atoms with Crippen molar-refractivity contribution in [2.45, 2.75) is 113 Å². The molecule has 1 N–H and O–H groups in total. The lowest BCUT2D eigenvalue weighted by molar-refractivity contribution is -0.247. The number of Topliss-reactive ketones (excluding diaryl/α,β-unsaturated/α-hetero) is 1. The molecular weight excluding hydrogens is 392 g/mol. The predicted octanol–water partition coefficient (Wildman–Crippen LogP) is 7.29. The number of hydrogen-bond acceptors (Lipinski definition) is 2. The minimum Gasteiger partial charge on any atom is -0.395 e. The van der Waals surface area contributed by atoms with E-state index < -0.39 is 5.41 Å². The first kappa shape index (κ1) is 23.4. The van der Waals surface area contributed by atoms with Crippen molar-refractivity contribution in [3.05, 3.63) is 0 Å². The van der Waals surface area contributed by atoms with Crippen LogP contribution in [0.25, 0.3) is 0 Å². The Hall–Kier alpha value is -0.370. The van der Waals surface area contributed by atoms with Crippen LogP contribution in [0.3, 0.4) is 0 Å². The summed E-state index contributed by atoms with van der Waals surface area (Å²) in [5.74, 6) is 4.80. The van der Waals surface area contributed by atoms with Crippen LogP contribution >= 0.6 is 0 Å². The van der Waals surface area contributed by atoms with Gasteiger partial charge in [-0.05, 0) is 115 Å². The average Bonchev–Trinajstić information content (AvgIpc) is 2.75. The number of carbonyl (C=O) groups excluding carboxylic acids is 1. The molecule has 182 valence electrons. The van der Waals surface area contributed by atoms with Gasteiger partial charge in [-0.2, -0.15) is 0 Å². The second-order valence-corrected chi connectivity index (χ2v) is 14.7. The van der Waals surface area contributed by atoms with Gasteiger partial charge in [-0.25, -0.2) is 0 Å². The van der Waals surface area contributed by atoms with Gasteiger partial charge in [0.05, 0.1) is 12.0 Å². The zero-order chi connectivity index (χ0) is 23.3. The molecule has 0 amide bonds. The molecule has 0 aromatic heterocycles. The van der Waals surface area contributed by atoms with Crippen LogP contribution in [0.2, 0.25) is 0 Å². The molecule has 0 aromatic carbocycles. The molecule has 1 unspecified atom stereocenters. The van der Waals surface area contributed by atoms with Gasteiger partial charge in [0.25, 0.3) is 0 Å². The number of carbonyl (C=O) groups is 1. The van der Waals surface area contributed by atoms with E-state index in [0.29, 0.717) is 40.3 Å². The summed E-state index contributed by atoms with van der Waals surface area (Å²) >= 11 is 0. The minimum absolute atomic E-state index is 0.0330. The van der Waals surface area contributed by atoms with E-state index in [-0.39, 0.29) is 12.0 Å². The Kier molecular flexibility index (Phi) is 5.17. The highest BCUT2D eigenvalue weighted by molar-refractivity contribution is 5.86. The fourth-order valence-electron chi connectivity index (χ4n) is 11.5. The quantitative estimate of drug-likeness (QED) is 0.463. The molecule has 2 nitrogen and oxygen atoms in total. The standard InChI is InChI=1S/C30H50O2/c1-19-10-13-26(3)16-17-29(6)21(25(26)20(19)2)8-9-23-27(4)14-12-24(32)28(5,18-31)22(27)11-15-30(23,29)7/h19-23,25,31H,8-18H2,1-7H3/t19-,20+,21-,22-,23-,25+,26-,27+,28?,29-,30-/m1/s1. The maximum atomic E-state index is 13.0. The van der Waals surface area contributed by atoms with E-state index >= 15 is 0 Å². The van der Waals surface area contributed by atoms with Crippen LogP contribution < -0.4 is 0 Å². The van der Waals surface area contributed by atoms with Gasteiger partial charge in [-0.3, -0.25) is 4.79 Å². The van der Waals surface area contributed by atoms with Crippen LogP contribution in [0, 0.1) is 62.6 Å². The maximum Gasteiger partial charge on any atom is 0.141 e. The number of aliphatic hydroxyl groups is 1.